The van der Waals surface area contributed by atoms with Crippen molar-refractivity contribution in [2.24, 2.45) is 0 Å². The zero-order valence-electron chi connectivity index (χ0n) is 20.3. The van der Waals surface area contributed by atoms with Gasteiger partial charge < -0.3 is 20.2 Å². The van der Waals surface area contributed by atoms with Crippen LogP contribution in [0.1, 0.15) is 28.9 Å². The standard InChI is InChI=1S/C26H28Cl2N6O3/c27-18-12-17(13-19(28)14-18)15-30-26(37)23-24(36)22-20(4-3-5-29-22)25(31-23)34-10-8-32(9-11-34)16-21(35)33-6-1-2-7-33/h3-5,12-14,36H,1-2,6-11,15-16H2,(H,30,37). The van der Waals surface area contributed by atoms with E-state index >= 15 is 0 Å². The fourth-order valence-corrected chi connectivity index (χ4v) is 5.43. The van der Waals surface area contributed by atoms with Crippen LogP contribution in [0.5, 0.6) is 5.75 Å². The van der Waals surface area contributed by atoms with Crippen LogP contribution in [0, 0.1) is 0 Å². The number of amides is 2. The topological polar surface area (TPSA) is 102 Å². The van der Waals surface area contributed by atoms with Gasteiger partial charge in [-0.1, -0.05) is 23.2 Å². The molecule has 194 valence electrons. The lowest BCUT2D eigenvalue weighted by Gasteiger charge is -2.36. The monoisotopic (exact) mass is 542 g/mol. The molecule has 2 saturated heterocycles. The van der Waals surface area contributed by atoms with Gasteiger partial charge in [-0.05, 0) is 48.7 Å². The van der Waals surface area contributed by atoms with Crippen LogP contribution in [0.15, 0.2) is 36.5 Å². The maximum absolute atomic E-state index is 13.1. The van der Waals surface area contributed by atoms with Crippen LogP contribution in [0.2, 0.25) is 10.0 Å². The second-order valence-corrected chi connectivity index (χ2v) is 10.2. The van der Waals surface area contributed by atoms with Crippen molar-refractivity contribution >= 4 is 51.7 Å². The van der Waals surface area contributed by atoms with Gasteiger partial charge in [0.15, 0.2) is 11.4 Å². The molecule has 9 nitrogen and oxygen atoms in total. The molecule has 3 aromatic rings. The molecule has 2 aliphatic heterocycles. The average molecular weight is 543 g/mol. The maximum atomic E-state index is 13.1. The number of nitrogens with zero attached hydrogens (tertiary/aromatic N) is 5. The minimum atomic E-state index is -0.530. The number of aromatic nitrogens is 2. The largest absolute Gasteiger partial charge is 0.504 e. The van der Waals surface area contributed by atoms with E-state index in [-0.39, 0.29) is 23.9 Å². The van der Waals surface area contributed by atoms with Gasteiger partial charge in [0, 0.05) is 67.4 Å². The Kier molecular flexibility index (Phi) is 7.64. The summed E-state index contributed by atoms with van der Waals surface area (Å²) in [7, 11) is 0. The van der Waals surface area contributed by atoms with E-state index < -0.39 is 5.91 Å². The van der Waals surface area contributed by atoms with Gasteiger partial charge in [0.1, 0.15) is 11.3 Å². The first-order chi connectivity index (χ1) is 17.9. The summed E-state index contributed by atoms with van der Waals surface area (Å²) in [6, 6.07) is 8.65. The third-order valence-electron chi connectivity index (χ3n) is 6.79. The number of aromatic hydroxyl groups is 1. The van der Waals surface area contributed by atoms with Crippen LogP contribution in [-0.2, 0) is 11.3 Å². The summed E-state index contributed by atoms with van der Waals surface area (Å²) in [5, 5.41) is 15.3. The number of carbonyl (C=O) groups excluding carboxylic acids is 2. The number of likely N-dealkylation sites (tertiary alicyclic amines) is 1. The molecule has 0 atom stereocenters. The van der Waals surface area contributed by atoms with E-state index in [1.807, 2.05) is 11.0 Å². The highest BCUT2D eigenvalue weighted by atomic mass is 35.5. The summed E-state index contributed by atoms with van der Waals surface area (Å²) in [6.45, 7) is 4.95. The highest BCUT2D eigenvalue weighted by molar-refractivity contribution is 6.34. The molecule has 2 aromatic heterocycles. The van der Waals surface area contributed by atoms with E-state index in [0.717, 1.165) is 31.5 Å². The molecule has 0 aliphatic carbocycles. The Morgan fingerprint density at radius 1 is 1.00 bits per heavy atom. The van der Waals surface area contributed by atoms with Crippen molar-refractivity contribution in [3.8, 4) is 5.75 Å². The summed E-state index contributed by atoms with van der Waals surface area (Å²) >= 11 is 12.1. The van der Waals surface area contributed by atoms with Gasteiger partial charge in [-0.15, -0.1) is 0 Å². The van der Waals surface area contributed by atoms with Crippen molar-refractivity contribution in [2.75, 3.05) is 50.7 Å². The van der Waals surface area contributed by atoms with Crippen molar-refractivity contribution < 1.29 is 14.7 Å². The molecule has 1 aromatic carbocycles. The molecule has 11 heteroatoms. The lowest BCUT2D eigenvalue weighted by Crippen LogP contribution is -2.50. The van der Waals surface area contributed by atoms with Crippen LogP contribution in [0.25, 0.3) is 10.9 Å². The highest BCUT2D eigenvalue weighted by Gasteiger charge is 2.27. The molecule has 37 heavy (non-hydrogen) atoms. The van der Waals surface area contributed by atoms with Crippen molar-refractivity contribution in [3.63, 3.8) is 0 Å². The lowest BCUT2D eigenvalue weighted by molar-refractivity contribution is -0.131. The number of nitrogens with one attached hydrogen (secondary N) is 1. The van der Waals surface area contributed by atoms with Crippen LogP contribution in [0.3, 0.4) is 0 Å². The SMILES string of the molecule is O=C(NCc1cc(Cl)cc(Cl)c1)c1nc(N2CCN(CC(=O)N3CCCC3)CC2)c2cccnc2c1O. The van der Waals surface area contributed by atoms with E-state index in [1.54, 1.807) is 30.5 Å². The number of benzene rings is 1. The zero-order valence-corrected chi connectivity index (χ0v) is 21.8. The molecule has 0 radical (unpaired) electrons. The molecule has 0 unspecified atom stereocenters. The molecule has 4 heterocycles. The molecule has 2 amide bonds. The summed E-state index contributed by atoms with van der Waals surface area (Å²) in [5.74, 6) is -0.0289. The van der Waals surface area contributed by atoms with Crippen LogP contribution in [-0.4, -0.2) is 82.5 Å². The van der Waals surface area contributed by atoms with Gasteiger partial charge in [-0.2, -0.15) is 0 Å². The first-order valence-electron chi connectivity index (χ1n) is 12.3. The number of piperazine rings is 1. The van der Waals surface area contributed by atoms with Gasteiger partial charge in [0.25, 0.3) is 5.91 Å². The Morgan fingerprint density at radius 3 is 2.41 bits per heavy atom. The minimum absolute atomic E-state index is 0.0963. The number of anilines is 1. The van der Waals surface area contributed by atoms with Gasteiger partial charge in [0.2, 0.25) is 5.91 Å². The molecular formula is C26H28Cl2N6O3. The molecule has 2 aliphatic rings. The number of pyridine rings is 2. The molecule has 0 bridgehead atoms. The Morgan fingerprint density at radius 2 is 1.70 bits per heavy atom. The number of hydrogen-bond donors (Lipinski definition) is 2. The second-order valence-electron chi connectivity index (χ2n) is 9.34. The smallest absolute Gasteiger partial charge is 0.274 e. The molecule has 2 N–H and O–H groups in total. The van der Waals surface area contributed by atoms with E-state index in [4.69, 9.17) is 23.2 Å². The summed E-state index contributed by atoms with van der Waals surface area (Å²) in [4.78, 5) is 40.7. The van der Waals surface area contributed by atoms with Gasteiger partial charge >= 0.3 is 0 Å². The van der Waals surface area contributed by atoms with Crippen molar-refractivity contribution in [1.29, 1.82) is 0 Å². The maximum Gasteiger partial charge on any atom is 0.274 e. The van der Waals surface area contributed by atoms with Crippen LogP contribution < -0.4 is 10.2 Å². The number of fused-ring (bicyclic) bond motifs is 1. The van der Waals surface area contributed by atoms with E-state index in [9.17, 15) is 14.7 Å². The molecule has 5 rings (SSSR count). The van der Waals surface area contributed by atoms with Gasteiger partial charge in [-0.25, -0.2) is 4.98 Å². The van der Waals surface area contributed by atoms with Crippen molar-refractivity contribution in [2.45, 2.75) is 19.4 Å². The molecule has 0 spiro atoms. The number of hydrogen-bond acceptors (Lipinski definition) is 7. The van der Waals surface area contributed by atoms with Gasteiger partial charge in [-0.3, -0.25) is 19.5 Å². The van der Waals surface area contributed by atoms with E-state index in [0.29, 0.717) is 59.5 Å². The van der Waals surface area contributed by atoms with E-state index in [1.165, 1.54) is 0 Å². The number of rotatable bonds is 6. The van der Waals surface area contributed by atoms with Crippen LogP contribution >= 0.6 is 23.2 Å². The third-order valence-corrected chi connectivity index (χ3v) is 7.23. The first-order valence-corrected chi connectivity index (χ1v) is 13.1. The fraction of sp³-hybridized carbons (Fsp3) is 0.385. The predicted octanol–water partition coefficient (Wildman–Crippen LogP) is 3.32. The Labute approximate surface area is 225 Å². The average Bonchev–Trinajstić information content (AvgIpc) is 3.43. The van der Waals surface area contributed by atoms with Crippen LogP contribution in [0.4, 0.5) is 5.82 Å². The minimum Gasteiger partial charge on any atom is -0.504 e. The Hall–Kier alpha value is -3.14. The summed E-state index contributed by atoms with van der Waals surface area (Å²) in [6.07, 6.45) is 3.73. The molecule has 0 saturated carbocycles. The number of halogens is 2. The predicted molar refractivity (Wildman–Crippen MR) is 143 cm³/mol. The normalized spacial score (nSPS) is 16.4. The lowest BCUT2D eigenvalue weighted by atomic mass is 10.1. The Balaban J connectivity index is 1.33. The van der Waals surface area contributed by atoms with Crippen molar-refractivity contribution in [3.05, 3.63) is 57.8 Å². The third kappa shape index (κ3) is 5.74. The highest BCUT2D eigenvalue weighted by Crippen LogP contribution is 2.33. The fourth-order valence-electron chi connectivity index (χ4n) is 4.86. The Bertz CT molecular complexity index is 1300. The second kappa shape index (κ2) is 11.1. The quantitative estimate of drug-likeness (QED) is 0.492. The summed E-state index contributed by atoms with van der Waals surface area (Å²) < 4.78 is 0. The summed E-state index contributed by atoms with van der Waals surface area (Å²) in [5.41, 5.74) is 0.945. The van der Waals surface area contributed by atoms with E-state index in [2.05, 4.69) is 25.1 Å². The number of carbonyl (C=O) groups is 2. The zero-order chi connectivity index (χ0) is 25.9. The van der Waals surface area contributed by atoms with Gasteiger partial charge in [0.05, 0.1) is 6.54 Å². The molecule has 2 fully saturated rings. The van der Waals surface area contributed by atoms with Crippen molar-refractivity contribution in [1.82, 2.24) is 25.1 Å². The molecular weight excluding hydrogens is 515 g/mol. The first kappa shape index (κ1) is 25.5.